The van der Waals surface area contributed by atoms with E-state index in [0.717, 1.165) is 58.5 Å². The van der Waals surface area contributed by atoms with Gasteiger partial charge in [-0.1, -0.05) is 6.07 Å². The predicted octanol–water partition coefficient (Wildman–Crippen LogP) is 2.25. The summed E-state index contributed by atoms with van der Waals surface area (Å²) in [7, 11) is 3.65. The Hall–Kier alpha value is -1.50. The highest BCUT2D eigenvalue weighted by molar-refractivity contribution is 5.78. The fourth-order valence-corrected chi connectivity index (χ4v) is 4.60. The van der Waals surface area contributed by atoms with E-state index in [0.29, 0.717) is 18.6 Å². The molecule has 3 heterocycles. The number of ether oxygens (including phenoxy) is 1. The van der Waals surface area contributed by atoms with E-state index in [1.54, 1.807) is 7.11 Å². The smallest absolute Gasteiger partial charge is 0.226 e. The second-order valence-corrected chi connectivity index (χ2v) is 8.31. The zero-order valence-electron chi connectivity index (χ0n) is 17.6. The van der Waals surface area contributed by atoms with Gasteiger partial charge in [0, 0.05) is 58.8 Å². The predicted molar refractivity (Wildman–Crippen MR) is 111 cm³/mol. The molecule has 0 aromatic carbocycles. The van der Waals surface area contributed by atoms with E-state index in [2.05, 4.69) is 20.9 Å². The van der Waals surface area contributed by atoms with Gasteiger partial charge >= 0.3 is 0 Å². The molecule has 2 fully saturated rings. The summed E-state index contributed by atoms with van der Waals surface area (Å²) in [6.45, 7) is 6.83. The minimum Gasteiger partial charge on any atom is -0.385 e. The van der Waals surface area contributed by atoms with Crippen molar-refractivity contribution < 1.29 is 9.53 Å². The van der Waals surface area contributed by atoms with Crippen molar-refractivity contribution in [1.82, 2.24) is 19.7 Å². The maximum Gasteiger partial charge on any atom is 0.226 e. The molecule has 0 radical (unpaired) electrons. The van der Waals surface area contributed by atoms with Gasteiger partial charge < -0.3 is 9.64 Å². The number of carbonyl (C=O) groups excluding carboxylic acids is 1. The second kappa shape index (κ2) is 10.9. The number of likely N-dealkylation sites (tertiary alicyclic amines) is 2. The van der Waals surface area contributed by atoms with Crippen LogP contribution >= 0.6 is 0 Å². The monoisotopic (exact) mass is 388 g/mol. The first-order valence-electron chi connectivity index (χ1n) is 10.8. The Morgan fingerprint density at radius 1 is 1.29 bits per heavy atom. The van der Waals surface area contributed by atoms with Crippen LogP contribution in [0.2, 0.25) is 0 Å². The molecule has 2 aliphatic heterocycles. The second-order valence-electron chi connectivity index (χ2n) is 8.31. The lowest BCUT2D eigenvalue weighted by atomic mass is 9.93. The van der Waals surface area contributed by atoms with Gasteiger partial charge in [0.05, 0.1) is 5.92 Å². The Labute approximate surface area is 169 Å². The molecule has 6 nitrogen and oxygen atoms in total. The lowest BCUT2D eigenvalue weighted by Crippen LogP contribution is -2.50. The molecule has 0 aliphatic carbocycles. The first-order valence-corrected chi connectivity index (χ1v) is 10.8. The van der Waals surface area contributed by atoms with Gasteiger partial charge in [-0.05, 0) is 63.4 Å². The lowest BCUT2D eigenvalue weighted by Gasteiger charge is -2.42. The molecule has 3 rings (SSSR count). The molecule has 2 aliphatic rings. The Balaban J connectivity index is 1.44. The Bertz CT molecular complexity index is 589. The van der Waals surface area contributed by atoms with Crippen LogP contribution in [0.25, 0.3) is 0 Å². The fourth-order valence-electron chi connectivity index (χ4n) is 4.60. The highest BCUT2D eigenvalue weighted by Crippen LogP contribution is 2.25. The molecule has 0 spiro atoms. The summed E-state index contributed by atoms with van der Waals surface area (Å²) in [4.78, 5) is 24.1. The molecule has 1 atom stereocenters. The van der Waals surface area contributed by atoms with Gasteiger partial charge in [-0.25, -0.2) is 0 Å². The molecular weight excluding hydrogens is 352 g/mol. The third kappa shape index (κ3) is 6.00. The number of piperidine rings is 2. The molecule has 1 aromatic heterocycles. The molecule has 1 aromatic rings. The summed E-state index contributed by atoms with van der Waals surface area (Å²) in [5.41, 5.74) is 1.29. The number of amides is 1. The largest absolute Gasteiger partial charge is 0.385 e. The Morgan fingerprint density at radius 2 is 2.11 bits per heavy atom. The van der Waals surface area contributed by atoms with Crippen molar-refractivity contribution in [3.8, 4) is 0 Å². The van der Waals surface area contributed by atoms with E-state index in [1.165, 1.54) is 18.4 Å². The normalized spacial score (nSPS) is 22.3. The SMILES string of the molecule is COCCCN(C)C(=O)[C@@H]1CCCN(C2CCN(Cc3cccnc3)CC2)C1. The van der Waals surface area contributed by atoms with Crippen LogP contribution in [0.15, 0.2) is 24.5 Å². The molecular formula is C22H36N4O2. The zero-order valence-corrected chi connectivity index (χ0v) is 17.6. The van der Waals surface area contributed by atoms with Gasteiger partial charge in [0.15, 0.2) is 0 Å². The number of pyridine rings is 1. The summed E-state index contributed by atoms with van der Waals surface area (Å²) in [5, 5.41) is 0. The van der Waals surface area contributed by atoms with Gasteiger partial charge in [0.25, 0.3) is 0 Å². The van der Waals surface area contributed by atoms with Crippen molar-refractivity contribution in [1.29, 1.82) is 0 Å². The van der Waals surface area contributed by atoms with Crippen LogP contribution in [0.4, 0.5) is 0 Å². The van der Waals surface area contributed by atoms with Gasteiger partial charge in [0.1, 0.15) is 0 Å². The van der Waals surface area contributed by atoms with Crippen LogP contribution < -0.4 is 0 Å². The number of methoxy groups -OCH3 is 1. The van der Waals surface area contributed by atoms with E-state index >= 15 is 0 Å². The van der Waals surface area contributed by atoms with E-state index in [1.807, 2.05) is 30.4 Å². The van der Waals surface area contributed by atoms with Crippen molar-refractivity contribution in [3.05, 3.63) is 30.1 Å². The van der Waals surface area contributed by atoms with Gasteiger partial charge in [-0.2, -0.15) is 0 Å². The van der Waals surface area contributed by atoms with Crippen molar-refractivity contribution in [2.24, 2.45) is 5.92 Å². The van der Waals surface area contributed by atoms with E-state index in [-0.39, 0.29) is 5.92 Å². The number of hydrogen-bond acceptors (Lipinski definition) is 5. The quantitative estimate of drug-likeness (QED) is 0.640. The minimum atomic E-state index is 0.162. The molecule has 0 bridgehead atoms. The van der Waals surface area contributed by atoms with Crippen LogP contribution in [-0.4, -0.2) is 85.1 Å². The first-order chi connectivity index (χ1) is 13.7. The maximum absolute atomic E-state index is 12.8. The number of nitrogens with zero attached hydrogens (tertiary/aromatic N) is 4. The Morgan fingerprint density at radius 3 is 2.82 bits per heavy atom. The summed E-state index contributed by atoms with van der Waals surface area (Å²) < 4.78 is 5.11. The standard InChI is InChI=1S/C22H36N4O2/c1-24(11-5-15-28-2)22(27)20-7-4-12-26(18-20)21-8-13-25(14-9-21)17-19-6-3-10-23-16-19/h3,6,10,16,20-21H,4-5,7-9,11-15,17-18H2,1-2H3/t20-/m1/s1. The van der Waals surface area contributed by atoms with Crippen LogP contribution in [0.1, 0.15) is 37.7 Å². The third-order valence-electron chi connectivity index (χ3n) is 6.22. The maximum atomic E-state index is 12.8. The van der Waals surface area contributed by atoms with Crippen LogP contribution in [0.5, 0.6) is 0 Å². The molecule has 0 saturated carbocycles. The minimum absolute atomic E-state index is 0.162. The number of rotatable bonds is 8. The van der Waals surface area contributed by atoms with Crippen LogP contribution in [-0.2, 0) is 16.1 Å². The molecule has 156 valence electrons. The average Bonchev–Trinajstić information content (AvgIpc) is 2.74. The van der Waals surface area contributed by atoms with Crippen molar-refractivity contribution in [3.63, 3.8) is 0 Å². The molecule has 2 saturated heterocycles. The fraction of sp³-hybridized carbons (Fsp3) is 0.727. The van der Waals surface area contributed by atoms with E-state index in [4.69, 9.17) is 4.74 Å². The summed E-state index contributed by atoms with van der Waals surface area (Å²) in [5.74, 6) is 0.476. The molecule has 1 amide bonds. The van der Waals surface area contributed by atoms with E-state index in [9.17, 15) is 4.79 Å². The molecule has 0 N–H and O–H groups in total. The van der Waals surface area contributed by atoms with Gasteiger partial charge in [0.2, 0.25) is 5.91 Å². The van der Waals surface area contributed by atoms with Crippen molar-refractivity contribution >= 4 is 5.91 Å². The summed E-state index contributed by atoms with van der Waals surface area (Å²) in [6, 6.07) is 4.79. The average molecular weight is 389 g/mol. The number of aromatic nitrogens is 1. The van der Waals surface area contributed by atoms with Crippen molar-refractivity contribution in [2.45, 2.75) is 44.7 Å². The van der Waals surface area contributed by atoms with Crippen LogP contribution in [0.3, 0.4) is 0 Å². The highest BCUT2D eigenvalue weighted by Gasteiger charge is 2.32. The van der Waals surface area contributed by atoms with Crippen molar-refractivity contribution in [2.75, 3.05) is 53.5 Å². The van der Waals surface area contributed by atoms with Gasteiger partial charge in [-0.15, -0.1) is 0 Å². The Kier molecular flexibility index (Phi) is 8.25. The number of hydrogen-bond donors (Lipinski definition) is 0. The topological polar surface area (TPSA) is 48.9 Å². The zero-order chi connectivity index (χ0) is 19.8. The molecule has 0 unspecified atom stereocenters. The molecule has 28 heavy (non-hydrogen) atoms. The van der Waals surface area contributed by atoms with Crippen LogP contribution in [0, 0.1) is 5.92 Å². The lowest BCUT2D eigenvalue weighted by molar-refractivity contribution is -0.136. The highest BCUT2D eigenvalue weighted by atomic mass is 16.5. The van der Waals surface area contributed by atoms with E-state index < -0.39 is 0 Å². The number of carbonyl (C=O) groups is 1. The van der Waals surface area contributed by atoms with Gasteiger partial charge in [-0.3, -0.25) is 19.6 Å². The molecule has 6 heteroatoms. The first kappa shape index (κ1) is 21.2. The summed E-state index contributed by atoms with van der Waals surface area (Å²) >= 11 is 0. The summed E-state index contributed by atoms with van der Waals surface area (Å²) in [6.07, 6.45) is 9.27. The third-order valence-corrected chi connectivity index (χ3v) is 6.22.